The fraction of sp³-hybridized carbons (Fsp3) is 0.750. The maximum atomic E-state index is 4.60. The summed E-state index contributed by atoms with van der Waals surface area (Å²) >= 11 is 0. The van der Waals surface area contributed by atoms with Crippen LogP contribution in [0.25, 0.3) is 11.4 Å². The molecule has 0 unspecified atom stereocenters. The van der Waals surface area contributed by atoms with Gasteiger partial charge in [-0.15, -0.1) is 0 Å². The van der Waals surface area contributed by atoms with Gasteiger partial charge in [0, 0.05) is 51.7 Å². The van der Waals surface area contributed by atoms with Crippen molar-refractivity contribution in [2.45, 2.75) is 117 Å². The van der Waals surface area contributed by atoms with Crippen LogP contribution in [-0.2, 0) is 12.8 Å². The lowest BCUT2D eigenvalue weighted by atomic mass is 10.0. The largest absolute Gasteiger partial charge is 0.308 e. The second-order valence-electron chi connectivity index (χ2n) is 14.1. The average molecular weight is 639 g/mol. The Kier molecular flexibility index (Phi) is 25.8. The molecule has 0 radical (unpaired) electrons. The summed E-state index contributed by atoms with van der Waals surface area (Å²) in [6, 6.07) is 8.83. The number of aryl methyl sites for hydroxylation is 2. The van der Waals surface area contributed by atoms with Crippen molar-refractivity contribution in [3.05, 3.63) is 47.8 Å². The molecule has 0 atom stereocenters. The first-order valence-corrected chi connectivity index (χ1v) is 18.8. The van der Waals surface area contributed by atoms with Crippen LogP contribution in [0.4, 0.5) is 0 Å². The predicted molar refractivity (Wildman–Crippen MR) is 203 cm³/mol. The Labute approximate surface area is 286 Å². The van der Waals surface area contributed by atoms with E-state index >= 15 is 0 Å². The lowest BCUT2D eigenvalue weighted by Gasteiger charge is -2.26. The Balaban J connectivity index is 0.000000561. The molecule has 6 nitrogen and oxygen atoms in total. The lowest BCUT2D eigenvalue weighted by Crippen LogP contribution is -2.40. The van der Waals surface area contributed by atoms with Gasteiger partial charge in [-0.05, 0) is 103 Å². The molecule has 2 rings (SSSR count). The topological polar surface area (TPSA) is 38.7 Å². The maximum absolute atomic E-state index is 4.60. The molecule has 0 aliphatic carbocycles. The van der Waals surface area contributed by atoms with Crippen molar-refractivity contribution >= 4 is 0 Å². The third-order valence-corrected chi connectivity index (χ3v) is 8.64. The van der Waals surface area contributed by atoms with E-state index in [0.29, 0.717) is 0 Å². The SMILES string of the molecule is CCCCCCCCCc1ccnc(-c2cc(CCCCCCCCC)ccn2)c1.CN(C)CCN(CCN(C)C)CCN(C)C. The molecule has 0 aliphatic heterocycles. The van der Waals surface area contributed by atoms with Crippen LogP contribution in [0, 0.1) is 0 Å². The summed E-state index contributed by atoms with van der Waals surface area (Å²) in [6.45, 7) is 11.5. The van der Waals surface area contributed by atoms with Crippen LogP contribution >= 0.6 is 0 Å². The van der Waals surface area contributed by atoms with E-state index in [1.165, 1.54) is 101 Å². The number of nitrogens with zero attached hydrogens (tertiary/aromatic N) is 6. The molecule has 0 amide bonds. The molecule has 0 saturated heterocycles. The van der Waals surface area contributed by atoms with E-state index in [1.807, 2.05) is 12.4 Å². The highest BCUT2D eigenvalue weighted by Crippen LogP contribution is 2.20. The van der Waals surface area contributed by atoms with Crippen LogP contribution < -0.4 is 0 Å². The molecule has 0 spiro atoms. The van der Waals surface area contributed by atoms with Crippen molar-refractivity contribution in [1.29, 1.82) is 0 Å². The quantitative estimate of drug-likeness (QED) is 0.0960. The van der Waals surface area contributed by atoms with Crippen LogP contribution in [0.15, 0.2) is 36.7 Å². The van der Waals surface area contributed by atoms with Gasteiger partial charge in [0.1, 0.15) is 0 Å². The first-order chi connectivity index (χ1) is 22.2. The van der Waals surface area contributed by atoms with E-state index < -0.39 is 0 Å². The fourth-order valence-corrected chi connectivity index (χ4v) is 5.47. The third kappa shape index (κ3) is 23.5. The molecular formula is C40H74N6. The smallest absolute Gasteiger partial charge is 0.0888 e. The number of unbranched alkanes of at least 4 members (excludes halogenated alkanes) is 12. The second kappa shape index (κ2) is 28.2. The van der Waals surface area contributed by atoms with E-state index in [-0.39, 0.29) is 0 Å². The Morgan fingerprint density at radius 1 is 0.435 bits per heavy atom. The lowest BCUT2D eigenvalue weighted by molar-refractivity contribution is 0.201. The molecule has 2 aromatic rings. The van der Waals surface area contributed by atoms with Gasteiger partial charge in [-0.2, -0.15) is 0 Å². The maximum Gasteiger partial charge on any atom is 0.0888 e. The Hall–Kier alpha value is -1.86. The van der Waals surface area contributed by atoms with Crippen molar-refractivity contribution in [3.63, 3.8) is 0 Å². The van der Waals surface area contributed by atoms with Gasteiger partial charge in [0.25, 0.3) is 0 Å². The Morgan fingerprint density at radius 2 is 0.761 bits per heavy atom. The van der Waals surface area contributed by atoms with Crippen molar-refractivity contribution in [1.82, 2.24) is 29.6 Å². The van der Waals surface area contributed by atoms with E-state index in [1.54, 1.807) is 0 Å². The summed E-state index contributed by atoms with van der Waals surface area (Å²) < 4.78 is 0. The first kappa shape index (κ1) is 42.2. The molecule has 6 heteroatoms. The molecule has 0 N–H and O–H groups in total. The number of hydrogen-bond donors (Lipinski definition) is 0. The minimum Gasteiger partial charge on any atom is -0.308 e. The molecular weight excluding hydrogens is 564 g/mol. The first-order valence-electron chi connectivity index (χ1n) is 18.8. The van der Waals surface area contributed by atoms with Crippen molar-refractivity contribution < 1.29 is 0 Å². The van der Waals surface area contributed by atoms with Crippen molar-refractivity contribution in [2.75, 3.05) is 81.6 Å². The van der Waals surface area contributed by atoms with Crippen LogP contribution in [0.2, 0.25) is 0 Å². The summed E-state index contributed by atoms with van der Waals surface area (Å²) in [6.07, 6.45) is 25.2. The number of aromatic nitrogens is 2. The highest BCUT2D eigenvalue weighted by atomic mass is 15.2. The highest BCUT2D eigenvalue weighted by Gasteiger charge is 2.07. The van der Waals surface area contributed by atoms with Crippen LogP contribution in [0.3, 0.4) is 0 Å². The monoisotopic (exact) mass is 639 g/mol. The van der Waals surface area contributed by atoms with Gasteiger partial charge in [0.2, 0.25) is 0 Å². The van der Waals surface area contributed by atoms with Gasteiger partial charge < -0.3 is 14.7 Å². The van der Waals surface area contributed by atoms with Crippen molar-refractivity contribution in [2.24, 2.45) is 0 Å². The molecule has 46 heavy (non-hydrogen) atoms. The molecule has 0 saturated carbocycles. The number of rotatable bonds is 26. The zero-order valence-corrected chi connectivity index (χ0v) is 31.7. The Morgan fingerprint density at radius 3 is 1.09 bits per heavy atom. The van der Waals surface area contributed by atoms with E-state index in [0.717, 1.165) is 63.5 Å². The van der Waals surface area contributed by atoms with Gasteiger partial charge in [-0.25, -0.2) is 0 Å². The van der Waals surface area contributed by atoms with Crippen molar-refractivity contribution in [3.8, 4) is 11.4 Å². The molecule has 0 aromatic carbocycles. The number of pyridine rings is 2. The third-order valence-electron chi connectivity index (χ3n) is 8.64. The van der Waals surface area contributed by atoms with Gasteiger partial charge in [0.15, 0.2) is 0 Å². The van der Waals surface area contributed by atoms with Gasteiger partial charge in [-0.1, -0.05) is 90.9 Å². The minimum absolute atomic E-state index is 1.02. The second-order valence-corrected chi connectivity index (χ2v) is 14.1. The molecule has 0 aliphatic rings. The zero-order valence-electron chi connectivity index (χ0n) is 31.7. The van der Waals surface area contributed by atoms with Gasteiger partial charge >= 0.3 is 0 Å². The van der Waals surface area contributed by atoms with E-state index in [4.69, 9.17) is 0 Å². The number of hydrogen-bond acceptors (Lipinski definition) is 6. The fourth-order valence-electron chi connectivity index (χ4n) is 5.47. The van der Waals surface area contributed by atoms with Crippen LogP contribution in [0.1, 0.15) is 115 Å². The number of likely N-dealkylation sites (N-methyl/N-ethyl adjacent to an activating group) is 3. The van der Waals surface area contributed by atoms with Gasteiger partial charge in [-0.3, -0.25) is 14.9 Å². The molecule has 2 heterocycles. The summed E-state index contributed by atoms with van der Waals surface area (Å²) in [7, 11) is 12.8. The van der Waals surface area contributed by atoms with E-state index in [2.05, 4.69) is 110 Å². The van der Waals surface area contributed by atoms with Gasteiger partial charge in [0.05, 0.1) is 11.4 Å². The Bertz CT molecular complexity index is 872. The molecule has 264 valence electrons. The zero-order chi connectivity index (χ0) is 33.8. The summed E-state index contributed by atoms with van der Waals surface area (Å²) in [4.78, 5) is 18.5. The van der Waals surface area contributed by atoms with Crippen LogP contribution in [-0.4, -0.2) is 111 Å². The predicted octanol–water partition coefficient (Wildman–Crippen LogP) is 8.70. The van der Waals surface area contributed by atoms with Crippen LogP contribution in [0.5, 0.6) is 0 Å². The summed E-state index contributed by atoms with van der Waals surface area (Å²) in [5, 5.41) is 0. The standard InChI is InChI=1S/C28H44N2.C12H30N4/c1-3-5-7-9-11-13-15-17-25-19-21-29-27(23-25)28-24-26(20-22-30-28)18-16-14-12-10-8-6-4-2;1-13(2)7-10-16(11-8-14(3)4)12-9-15(5)6/h19-24H,3-18H2,1-2H3;7-12H2,1-6H3. The highest BCUT2D eigenvalue weighted by molar-refractivity contribution is 5.55. The molecule has 0 fully saturated rings. The molecule has 0 bridgehead atoms. The summed E-state index contributed by atoms with van der Waals surface area (Å²) in [5.74, 6) is 0. The molecule has 2 aromatic heterocycles. The normalized spacial score (nSPS) is 11.6. The minimum atomic E-state index is 1.02. The van der Waals surface area contributed by atoms with E-state index in [9.17, 15) is 0 Å². The summed E-state index contributed by atoms with van der Waals surface area (Å²) in [5.41, 5.74) is 4.84. The average Bonchev–Trinajstić information content (AvgIpc) is 3.04.